The summed E-state index contributed by atoms with van der Waals surface area (Å²) < 4.78 is 10.5. The standard InChI is InChI=1S/C21H25NO5/c1-14-4-6-15(7-5-14)8-11-20(23)22-17(13-21(24)25)16-9-10-18(26-2)19(12-16)27-3/h4-7,9-10,12,17H,8,11,13H2,1-3H3,(H,22,23)(H,24,25). The molecule has 0 aliphatic rings. The molecule has 0 saturated heterocycles. The van der Waals surface area contributed by atoms with Gasteiger partial charge in [0, 0.05) is 6.42 Å². The van der Waals surface area contributed by atoms with Crippen molar-refractivity contribution in [1.82, 2.24) is 5.32 Å². The molecule has 144 valence electrons. The van der Waals surface area contributed by atoms with Gasteiger partial charge in [-0.3, -0.25) is 9.59 Å². The molecule has 0 aliphatic carbocycles. The molecule has 2 rings (SSSR count). The number of nitrogens with one attached hydrogen (secondary N) is 1. The number of aliphatic carboxylic acids is 1. The third-order valence-corrected chi connectivity index (χ3v) is 4.29. The van der Waals surface area contributed by atoms with Crippen molar-refractivity contribution in [3.8, 4) is 11.5 Å². The first kappa shape index (κ1) is 20.3. The Balaban J connectivity index is 2.08. The number of methoxy groups -OCH3 is 2. The Morgan fingerprint density at radius 3 is 2.30 bits per heavy atom. The number of hydrogen-bond acceptors (Lipinski definition) is 4. The minimum absolute atomic E-state index is 0.198. The van der Waals surface area contributed by atoms with Crippen LogP contribution in [0.3, 0.4) is 0 Å². The van der Waals surface area contributed by atoms with Crippen molar-refractivity contribution >= 4 is 11.9 Å². The highest BCUT2D eigenvalue weighted by Crippen LogP contribution is 2.31. The number of amides is 1. The molecule has 0 spiro atoms. The van der Waals surface area contributed by atoms with Crippen LogP contribution in [0.2, 0.25) is 0 Å². The molecule has 0 heterocycles. The number of rotatable bonds is 9. The molecule has 0 saturated carbocycles. The third-order valence-electron chi connectivity index (χ3n) is 4.29. The number of carbonyl (C=O) groups excluding carboxylic acids is 1. The Kier molecular flexibility index (Phi) is 7.23. The van der Waals surface area contributed by atoms with Gasteiger partial charge in [0.2, 0.25) is 5.91 Å². The third kappa shape index (κ3) is 6.02. The largest absolute Gasteiger partial charge is 0.493 e. The van der Waals surface area contributed by atoms with E-state index < -0.39 is 12.0 Å². The summed E-state index contributed by atoms with van der Waals surface area (Å²) in [5, 5.41) is 12.0. The van der Waals surface area contributed by atoms with Gasteiger partial charge in [0.1, 0.15) is 0 Å². The molecule has 6 nitrogen and oxygen atoms in total. The van der Waals surface area contributed by atoms with E-state index in [1.165, 1.54) is 14.2 Å². The summed E-state index contributed by atoms with van der Waals surface area (Å²) in [5.41, 5.74) is 2.88. The first-order chi connectivity index (χ1) is 12.9. The molecular formula is C21H25NO5. The Hall–Kier alpha value is -3.02. The van der Waals surface area contributed by atoms with Crippen LogP contribution in [0.5, 0.6) is 11.5 Å². The van der Waals surface area contributed by atoms with Gasteiger partial charge < -0.3 is 19.9 Å². The molecule has 6 heteroatoms. The highest BCUT2D eigenvalue weighted by Gasteiger charge is 2.20. The maximum Gasteiger partial charge on any atom is 0.305 e. The Morgan fingerprint density at radius 1 is 1.04 bits per heavy atom. The van der Waals surface area contributed by atoms with E-state index in [9.17, 15) is 14.7 Å². The number of carbonyl (C=O) groups is 2. The van der Waals surface area contributed by atoms with Crippen molar-refractivity contribution < 1.29 is 24.2 Å². The Morgan fingerprint density at radius 2 is 1.70 bits per heavy atom. The topological polar surface area (TPSA) is 84.9 Å². The normalized spacial score (nSPS) is 11.5. The van der Waals surface area contributed by atoms with Crippen molar-refractivity contribution in [2.24, 2.45) is 0 Å². The van der Waals surface area contributed by atoms with E-state index in [4.69, 9.17) is 9.47 Å². The van der Waals surface area contributed by atoms with Crippen LogP contribution in [-0.4, -0.2) is 31.2 Å². The molecule has 27 heavy (non-hydrogen) atoms. The van der Waals surface area contributed by atoms with Crippen LogP contribution in [0.25, 0.3) is 0 Å². The fraction of sp³-hybridized carbons (Fsp3) is 0.333. The minimum atomic E-state index is -0.992. The molecule has 2 aromatic rings. The SMILES string of the molecule is COc1ccc(C(CC(=O)O)NC(=O)CCc2ccc(C)cc2)cc1OC. The summed E-state index contributed by atoms with van der Waals surface area (Å²) in [5.74, 6) is -0.162. The minimum Gasteiger partial charge on any atom is -0.493 e. The first-order valence-corrected chi connectivity index (χ1v) is 8.71. The summed E-state index contributed by atoms with van der Waals surface area (Å²) in [4.78, 5) is 23.6. The molecule has 1 unspecified atom stereocenters. The average Bonchev–Trinajstić information content (AvgIpc) is 2.66. The lowest BCUT2D eigenvalue weighted by Gasteiger charge is -2.19. The summed E-state index contributed by atoms with van der Waals surface area (Å²) in [6, 6.07) is 12.5. The van der Waals surface area contributed by atoms with Crippen LogP contribution >= 0.6 is 0 Å². The Labute approximate surface area is 159 Å². The monoisotopic (exact) mass is 371 g/mol. The van der Waals surface area contributed by atoms with E-state index in [-0.39, 0.29) is 18.7 Å². The second-order valence-electron chi connectivity index (χ2n) is 6.32. The van der Waals surface area contributed by atoms with Crippen molar-refractivity contribution in [3.05, 3.63) is 59.2 Å². The highest BCUT2D eigenvalue weighted by atomic mass is 16.5. The number of benzene rings is 2. The molecule has 0 radical (unpaired) electrons. The zero-order valence-electron chi connectivity index (χ0n) is 15.8. The lowest BCUT2D eigenvalue weighted by atomic mass is 10.0. The molecule has 1 amide bonds. The van der Waals surface area contributed by atoms with Gasteiger partial charge in [-0.2, -0.15) is 0 Å². The lowest BCUT2D eigenvalue weighted by molar-refractivity contribution is -0.137. The van der Waals surface area contributed by atoms with Gasteiger partial charge in [0.05, 0.1) is 26.7 Å². The Bertz CT molecular complexity index is 786. The zero-order valence-corrected chi connectivity index (χ0v) is 15.8. The fourth-order valence-corrected chi connectivity index (χ4v) is 2.78. The summed E-state index contributed by atoms with van der Waals surface area (Å²) in [7, 11) is 3.03. The predicted octanol–water partition coefficient (Wildman–Crippen LogP) is 3.28. The quantitative estimate of drug-likeness (QED) is 0.707. The smallest absolute Gasteiger partial charge is 0.305 e. The molecule has 1 atom stereocenters. The molecule has 0 aliphatic heterocycles. The number of hydrogen-bond donors (Lipinski definition) is 2. The van der Waals surface area contributed by atoms with E-state index in [0.29, 0.717) is 23.5 Å². The van der Waals surface area contributed by atoms with Crippen molar-refractivity contribution in [3.63, 3.8) is 0 Å². The van der Waals surface area contributed by atoms with Gasteiger partial charge >= 0.3 is 5.97 Å². The van der Waals surface area contributed by atoms with Gasteiger partial charge in [-0.15, -0.1) is 0 Å². The van der Waals surface area contributed by atoms with E-state index in [2.05, 4.69) is 5.32 Å². The second kappa shape index (κ2) is 9.62. The summed E-state index contributed by atoms with van der Waals surface area (Å²) in [6.07, 6.45) is 0.663. The van der Waals surface area contributed by atoms with Crippen LogP contribution in [0.4, 0.5) is 0 Å². The highest BCUT2D eigenvalue weighted by molar-refractivity contribution is 5.78. The number of aryl methyl sites for hydroxylation is 2. The van der Waals surface area contributed by atoms with Gasteiger partial charge in [-0.05, 0) is 36.6 Å². The van der Waals surface area contributed by atoms with Crippen LogP contribution in [0.15, 0.2) is 42.5 Å². The van der Waals surface area contributed by atoms with Crippen LogP contribution < -0.4 is 14.8 Å². The predicted molar refractivity (Wildman–Crippen MR) is 102 cm³/mol. The van der Waals surface area contributed by atoms with Gasteiger partial charge in [0.25, 0.3) is 0 Å². The van der Waals surface area contributed by atoms with Gasteiger partial charge in [0.15, 0.2) is 11.5 Å². The zero-order chi connectivity index (χ0) is 19.8. The number of ether oxygens (including phenoxy) is 2. The van der Waals surface area contributed by atoms with Crippen molar-refractivity contribution in [2.75, 3.05) is 14.2 Å². The number of carboxylic acid groups (broad SMARTS) is 1. The molecule has 2 N–H and O–H groups in total. The van der Waals surface area contributed by atoms with Crippen LogP contribution in [-0.2, 0) is 16.0 Å². The van der Waals surface area contributed by atoms with Gasteiger partial charge in [-0.25, -0.2) is 0 Å². The molecule has 0 fully saturated rings. The first-order valence-electron chi connectivity index (χ1n) is 8.71. The average molecular weight is 371 g/mol. The van der Waals surface area contributed by atoms with E-state index >= 15 is 0 Å². The molecule has 0 aromatic heterocycles. The van der Waals surface area contributed by atoms with E-state index in [0.717, 1.165) is 11.1 Å². The molecular weight excluding hydrogens is 346 g/mol. The molecule has 0 bridgehead atoms. The van der Waals surface area contributed by atoms with Crippen molar-refractivity contribution in [2.45, 2.75) is 32.2 Å². The van der Waals surface area contributed by atoms with Crippen LogP contribution in [0, 0.1) is 6.92 Å². The fourth-order valence-electron chi connectivity index (χ4n) is 2.78. The molecule has 2 aromatic carbocycles. The lowest BCUT2D eigenvalue weighted by Crippen LogP contribution is -2.30. The van der Waals surface area contributed by atoms with Gasteiger partial charge in [-0.1, -0.05) is 35.9 Å². The summed E-state index contributed by atoms with van der Waals surface area (Å²) >= 11 is 0. The maximum absolute atomic E-state index is 12.4. The van der Waals surface area contributed by atoms with Crippen LogP contribution in [0.1, 0.15) is 35.6 Å². The van der Waals surface area contributed by atoms with E-state index in [1.807, 2.05) is 31.2 Å². The maximum atomic E-state index is 12.4. The van der Waals surface area contributed by atoms with Crippen molar-refractivity contribution in [1.29, 1.82) is 0 Å². The summed E-state index contributed by atoms with van der Waals surface area (Å²) in [6.45, 7) is 2.01. The van der Waals surface area contributed by atoms with E-state index in [1.54, 1.807) is 18.2 Å². The number of carboxylic acids is 1. The second-order valence-corrected chi connectivity index (χ2v) is 6.32.